The van der Waals surface area contributed by atoms with Crippen molar-refractivity contribution in [3.63, 3.8) is 0 Å². The summed E-state index contributed by atoms with van der Waals surface area (Å²) in [6.07, 6.45) is 2.48. The molecule has 0 unspecified atom stereocenters. The van der Waals surface area contributed by atoms with Crippen molar-refractivity contribution in [3.05, 3.63) is 23.2 Å². The van der Waals surface area contributed by atoms with Crippen LogP contribution in [-0.2, 0) is 0 Å². The number of aryl methyl sites for hydroxylation is 2. The first-order chi connectivity index (χ1) is 5.77. The molecular formula is C10H16ClNO. The molecule has 0 spiro atoms. The molecule has 0 aromatic carbocycles. The Morgan fingerprint density at radius 1 is 1.46 bits per heavy atom. The van der Waals surface area contributed by atoms with E-state index < -0.39 is 0 Å². The van der Waals surface area contributed by atoms with Gasteiger partial charge in [0.25, 0.3) is 0 Å². The summed E-state index contributed by atoms with van der Waals surface area (Å²) in [5.41, 5.74) is 1.26. The molecule has 1 aliphatic rings. The highest BCUT2D eigenvalue weighted by Gasteiger charge is 2.19. The van der Waals surface area contributed by atoms with Crippen molar-refractivity contribution in [1.82, 2.24) is 5.32 Å². The quantitative estimate of drug-likeness (QED) is 0.756. The third-order valence-electron chi connectivity index (χ3n) is 2.59. The van der Waals surface area contributed by atoms with Gasteiger partial charge in [-0.2, -0.15) is 0 Å². The van der Waals surface area contributed by atoms with E-state index >= 15 is 0 Å². The van der Waals surface area contributed by atoms with Crippen molar-refractivity contribution in [1.29, 1.82) is 0 Å². The minimum atomic E-state index is 0. The fourth-order valence-corrected chi connectivity index (χ4v) is 1.70. The van der Waals surface area contributed by atoms with Crippen LogP contribution >= 0.6 is 12.4 Å². The minimum absolute atomic E-state index is 0. The third-order valence-corrected chi connectivity index (χ3v) is 2.59. The molecule has 1 aliphatic heterocycles. The molecule has 2 nitrogen and oxygen atoms in total. The van der Waals surface area contributed by atoms with Crippen LogP contribution in [0.15, 0.2) is 10.5 Å². The molecule has 2 heterocycles. The molecule has 0 radical (unpaired) electrons. The second kappa shape index (κ2) is 4.16. The molecule has 1 N–H and O–H groups in total. The molecule has 1 atom stereocenters. The Bertz CT molecular complexity index is 257. The van der Waals surface area contributed by atoms with Gasteiger partial charge in [0.05, 0.1) is 6.04 Å². The monoisotopic (exact) mass is 201 g/mol. The zero-order valence-corrected chi connectivity index (χ0v) is 8.91. The summed E-state index contributed by atoms with van der Waals surface area (Å²) in [4.78, 5) is 0. The van der Waals surface area contributed by atoms with E-state index in [9.17, 15) is 0 Å². The summed E-state index contributed by atoms with van der Waals surface area (Å²) < 4.78 is 5.64. The Kier molecular flexibility index (Phi) is 3.40. The van der Waals surface area contributed by atoms with Gasteiger partial charge < -0.3 is 9.73 Å². The Hall–Kier alpha value is -0.470. The van der Waals surface area contributed by atoms with Crippen LogP contribution in [0.2, 0.25) is 0 Å². The largest absolute Gasteiger partial charge is 0.464 e. The number of nitrogens with one attached hydrogen (secondary N) is 1. The highest BCUT2D eigenvalue weighted by molar-refractivity contribution is 5.85. The molecule has 0 aliphatic carbocycles. The number of hydrogen-bond acceptors (Lipinski definition) is 2. The summed E-state index contributed by atoms with van der Waals surface area (Å²) in [6.45, 7) is 5.24. The Labute approximate surface area is 85.1 Å². The Morgan fingerprint density at radius 3 is 2.69 bits per heavy atom. The maximum Gasteiger partial charge on any atom is 0.121 e. The molecule has 3 heteroatoms. The zero-order valence-electron chi connectivity index (χ0n) is 8.09. The van der Waals surface area contributed by atoms with Crippen LogP contribution in [-0.4, -0.2) is 6.54 Å². The maximum atomic E-state index is 5.64. The first kappa shape index (κ1) is 10.6. The lowest BCUT2D eigenvalue weighted by Crippen LogP contribution is -2.11. The summed E-state index contributed by atoms with van der Waals surface area (Å²) in [5.74, 6) is 2.17. The van der Waals surface area contributed by atoms with E-state index in [2.05, 4.69) is 18.3 Å². The zero-order chi connectivity index (χ0) is 8.55. The van der Waals surface area contributed by atoms with Gasteiger partial charge in [-0.1, -0.05) is 0 Å². The normalized spacial score (nSPS) is 21.5. The Morgan fingerprint density at radius 2 is 2.23 bits per heavy atom. The number of hydrogen-bond donors (Lipinski definition) is 1. The van der Waals surface area contributed by atoms with Crippen molar-refractivity contribution in [3.8, 4) is 0 Å². The summed E-state index contributed by atoms with van der Waals surface area (Å²) in [7, 11) is 0. The van der Waals surface area contributed by atoms with Gasteiger partial charge in [0.15, 0.2) is 0 Å². The van der Waals surface area contributed by atoms with Crippen LogP contribution < -0.4 is 5.32 Å². The van der Waals surface area contributed by atoms with Crippen LogP contribution in [0.4, 0.5) is 0 Å². The smallest absolute Gasteiger partial charge is 0.121 e. The molecule has 1 aromatic heterocycles. The van der Waals surface area contributed by atoms with E-state index in [1.165, 1.54) is 18.4 Å². The van der Waals surface area contributed by atoms with E-state index in [-0.39, 0.29) is 12.4 Å². The van der Waals surface area contributed by atoms with Crippen LogP contribution in [0.3, 0.4) is 0 Å². The first-order valence-electron chi connectivity index (χ1n) is 4.57. The van der Waals surface area contributed by atoms with Gasteiger partial charge in [-0.05, 0) is 44.9 Å². The van der Waals surface area contributed by atoms with E-state index in [0.29, 0.717) is 6.04 Å². The fourth-order valence-electron chi connectivity index (χ4n) is 1.70. The summed E-state index contributed by atoms with van der Waals surface area (Å²) in [6, 6.07) is 2.62. The molecular weight excluding hydrogens is 186 g/mol. The molecule has 1 aromatic rings. The van der Waals surface area contributed by atoms with E-state index in [4.69, 9.17) is 4.42 Å². The SMILES string of the molecule is Cc1cc([C@@H]2CCCN2)oc1C.Cl. The average Bonchev–Trinajstić information content (AvgIpc) is 2.61. The second-order valence-corrected chi connectivity index (χ2v) is 3.54. The lowest BCUT2D eigenvalue weighted by atomic mass is 10.1. The molecule has 2 rings (SSSR count). The molecule has 1 saturated heterocycles. The number of rotatable bonds is 1. The molecule has 74 valence electrons. The predicted molar refractivity (Wildman–Crippen MR) is 55.4 cm³/mol. The Balaban J connectivity index is 0.000000845. The van der Waals surface area contributed by atoms with Gasteiger partial charge in [-0.25, -0.2) is 0 Å². The van der Waals surface area contributed by atoms with E-state index in [0.717, 1.165) is 18.1 Å². The highest BCUT2D eigenvalue weighted by atomic mass is 35.5. The van der Waals surface area contributed by atoms with Crippen molar-refractivity contribution in [2.75, 3.05) is 6.54 Å². The number of halogens is 1. The fraction of sp³-hybridized carbons (Fsp3) is 0.600. The molecule has 0 saturated carbocycles. The van der Waals surface area contributed by atoms with Crippen molar-refractivity contribution < 1.29 is 4.42 Å². The summed E-state index contributed by atoms with van der Waals surface area (Å²) in [5, 5.41) is 3.42. The van der Waals surface area contributed by atoms with Gasteiger partial charge in [-0.15, -0.1) is 12.4 Å². The minimum Gasteiger partial charge on any atom is -0.464 e. The average molecular weight is 202 g/mol. The molecule has 0 bridgehead atoms. The summed E-state index contributed by atoms with van der Waals surface area (Å²) >= 11 is 0. The van der Waals surface area contributed by atoms with Crippen LogP contribution in [0.1, 0.15) is 36.0 Å². The standard InChI is InChI=1S/C10H15NO.ClH/c1-7-6-10(12-8(7)2)9-4-3-5-11-9;/h6,9,11H,3-5H2,1-2H3;1H/t9-;/m0./s1. The highest BCUT2D eigenvalue weighted by Crippen LogP contribution is 2.26. The number of furan rings is 1. The van der Waals surface area contributed by atoms with Gasteiger partial charge in [0, 0.05) is 0 Å². The van der Waals surface area contributed by atoms with Crippen molar-refractivity contribution in [2.45, 2.75) is 32.7 Å². The van der Waals surface area contributed by atoms with Crippen molar-refractivity contribution in [2.24, 2.45) is 0 Å². The third kappa shape index (κ3) is 2.06. The van der Waals surface area contributed by atoms with Crippen molar-refractivity contribution >= 4 is 12.4 Å². The van der Waals surface area contributed by atoms with Gasteiger partial charge >= 0.3 is 0 Å². The molecule has 0 amide bonds. The van der Waals surface area contributed by atoms with E-state index in [1.54, 1.807) is 0 Å². The van der Waals surface area contributed by atoms with Crippen LogP contribution in [0, 0.1) is 13.8 Å². The van der Waals surface area contributed by atoms with Gasteiger partial charge in [0.1, 0.15) is 11.5 Å². The lowest BCUT2D eigenvalue weighted by Gasteiger charge is -2.04. The second-order valence-electron chi connectivity index (χ2n) is 3.54. The predicted octanol–water partition coefficient (Wildman–Crippen LogP) is 2.74. The van der Waals surface area contributed by atoms with Gasteiger partial charge in [-0.3, -0.25) is 0 Å². The lowest BCUT2D eigenvalue weighted by molar-refractivity contribution is 0.428. The van der Waals surface area contributed by atoms with E-state index in [1.807, 2.05) is 6.92 Å². The molecule has 1 fully saturated rings. The topological polar surface area (TPSA) is 25.2 Å². The van der Waals surface area contributed by atoms with Crippen LogP contribution in [0.25, 0.3) is 0 Å². The maximum absolute atomic E-state index is 5.64. The van der Waals surface area contributed by atoms with Crippen LogP contribution in [0.5, 0.6) is 0 Å². The first-order valence-corrected chi connectivity index (χ1v) is 4.57. The van der Waals surface area contributed by atoms with Gasteiger partial charge in [0.2, 0.25) is 0 Å². The molecule has 13 heavy (non-hydrogen) atoms.